The summed E-state index contributed by atoms with van der Waals surface area (Å²) in [6.07, 6.45) is 3.42. The van der Waals surface area contributed by atoms with E-state index in [1.807, 2.05) is 13.0 Å². The van der Waals surface area contributed by atoms with Gasteiger partial charge in [-0.25, -0.2) is 0 Å². The molecule has 0 fully saturated rings. The molecule has 0 bridgehead atoms. The zero-order valence-electron chi connectivity index (χ0n) is 12.6. The van der Waals surface area contributed by atoms with Crippen molar-refractivity contribution in [2.45, 2.75) is 13.8 Å². The molecule has 1 aromatic carbocycles. The van der Waals surface area contributed by atoms with E-state index < -0.39 is 0 Å². The SMILES string of the molecule is COc1ccc(OC)c(C(=O)/C=C/c2cc(C)sc2C)c1. The number of methoxy groups -OCH3 is 2. The monoisotopic (exact) mass is 302 g/mol. The molecule has 2 aromatic rings. The predicted molar refractivity (Wildman–Crippen MR) is 86.7 cm³/mol. The Kier molecular flexibility index (Phi) is 4.81. The van der Waals surface area contributed by atoms with Crippen LogP contribution in [0.3, 0.4) is 0 Å². The third kappa shape index (κ3) is 3.52. The van der Waals surface area contributed by atoms with Gasteiger partial charge in [0, 0.05) is 9.75 Å². The number of carbonyl (C=O) groups excluding carboxylic acids is 1. The maximum Gasteiger partial charge on any atom is 0.189 e. The fraction of sp³-hybridized carbons (Fsp3) is 0.235. The van der Waals surface area contributed by atoms with Gasteiger partial charge in [-0.05, 0) is 55.8 Å². The van der Waals surface area contributed by atoms with Crippen molar-refractivity contribution in [2.24, 2.45) is 0 Å². The first-order valence-electron chi connectivity index (χ1n) is 6.56. The molecule has 0 saturated carbocycles. The first kappa shape index (κ1) is 15.3. The molecule has 0 amide bonds. The molecule has 110 valence electrons. The summed E-state index contributed by atoms with van der Waals surface area (Å²) in [6.45, 7) is 4.11. The predicted octanol–water partition coefficient (Wildman–Crippen LogP) is 4.28. The van der Waals surface area contributed by atoms with Crippen molar-refractivity contribution >= 4 is 23.2 Å². The number of aryl methyl sites for hydroxylation is 2. The van der Waals surface area contributed by atoms with E-state index in [1.165, 1.54) is 9.75 Å². The lowest BCUT2D eigenvalue weighted by atomic mass is 10.1. The number of hydrogen-bond donors (Lipinski definition) is 0. The molecule has 2 rings (SSSR count). The van der Waals surface area contributed by atoms with Gasteiger partial charge in [0.1, 0.15) is 11.5 Å². The molecule has 4 heteroatoms. The summed E-state index contributed by atoms with van der Waals surface area (Å²) < 4.78 is 10.4. The first-order chi connectivity index (χ1) is 10.0. The average molecular weight is 302 g/mol. The molecule has 0 aliphatic rings. The van der Waals surface area contributed by atoms with Gasteiger partial charge < -0.3 is 9.47 Å². The van der Waals surface area contributed by atoms with Crippen LogP contribution < -0.4 is 9.47 Å². The minimum atomic E-state index is -0.103. The number of hydrogen-bond acceptors (Lipinski definition) is 4. The minimum absolute atomic E-state index is 0.103. The third-order valence-electron chi connectivity index (χ3n) is 3.17. The number of carbonyl (C=O) groups is 1. The van der Waals surface area contributed by atoms with Gasteiger partial charge in [0.05, 0.1) is 19.8 Å². The second-order valence-electron chi connectivity index (χ2n) is 4.63. The Hall–Kier alpha value is -2.07. The van der Waals surface area contributed by atoms with Crippen molar-refractivity contribution in [3.63, 3.8) is 0 Å². The molecule has 0 spiro atoms. The van der Waals surface area contributed by atoms with Gasteiger partial charge >= 0.3 is 0 Å². The van der Waals surface area contributed by atoms with Gasteiger partial charge in [-0.3, -0.25) is 4.79 Å². The quantitative estimate of drug-likeness (QED) is 0.611. The van der Waals surface area contributed by atoms with E-state index in [0.717, 1.165) is 5.56 Å². The maximum atomic E-state index is 12.4. The third-order valence-corrected chi connectivity index (χ3v) is 4.15. The van der Waals surface area contributed by atoms with Crippen LogP contribution in [0, 0.1) is 13.8 Å². The van der Waals surface area contributed by atoms with Crippen LogP contribution in [0.15, 0.2) is 30.3 Å². The van der Waals surface area contributed by atoms with Gasteiger partial charge in [-0.15, -0.1) is 11.3 Å². The number of benzene rings is 1. The number of allylic oxidation sites excluding steroid dienone is 1. The number of ether oxygens (including phenoxy) is 2. The highest BCUT2D eigenvalue weighted by Gasteiger charge is 2.11. The van der Waals surface area contributed by atoms with E-state index in [4.69, 9.17) is 9.47 Å². The Morgan fingerprint density at radius 2 is 1.90 bits per heavy atom. The molecule has 0 atom stereocenters. The van der Waals surface area contributed by atoms with E-state index in [2.05, 4.69) is 13.0 Å². The Morgan fingerprint density at radius 1 is 1.14 bits per heavy atom. The summed E-state index contributed by atoms with van der Waals surface area (Å²) in [4.78, 5) is 14.8. The van der Waals surface area contributed by atoms with Crippen LogP contribution in [0.5, 0.6) is 11.5 Å². The van der Waals surface area contributed by atoms with Crippen molar-refractivity contribution in [3.05, 3.63) is 51.2 Å². The van der Waals surface area contributed by atoms with Gasteiger partial charge in [-0.2, -0.15) is 0 Å². The molecule has 0 radical (unpaired) electrons. The van der Waals surface area contributed by atoms with Crippen LogP contribution in [0.1, 0.15) is 25.7 Å². The molecule has 0 aliphatic carbocycles. The Bertz CT molecular complexity index is 683. The second-order valence-corrected chi connectivity index (χ2v) is 6.09. The fourth-order valence-electron chi connectivity index (χ4n) is 2.08. The largest absolute Gasteiger partial charge is 0.497 e. The molecule has 0 aliphatic heterocycles. The molecule has 1 aromatic heterocycles. The average Bonchev–Trinajstić information content (AvgIpc) is 2.81. The molecule has 21 heavy (non-hydrogen) atoms. The van der Waals surface area contributed by atoms with E-state index in [1.54, 1.807) is 49.8 Å². The minimum Gasteiger partial charge on any atom is -0.497 e. The Labute approximate surface area is 128 Å². The molecular weight excluding hydrogens is 284 g/mol. The van der Waals surface area contributed by atoms with E-state index >= 15 is 0 Å². The van der Waals surface area contributed by atoms with E-state index in [9.17, 15) is 4.79 Å². The van der Waals surface area contributed by atoms with Crippen LogP contribution in [0.2, 0.25) is 0 Å². The lowest BCUT2D eigenvalue weighted by Crippen LogP contribution is -1.99. The van der Waals surface area contributed by atoms with Crippen LogP contribution in [0.25, 0.3) is 6.08 Å². The summed E-state index contributed by atoms with van der Waals surface area (Å²) in [5.41, 5.74) is 1.57. The van der Waals surface area contributed by atoms with Crippen LogP contribution in [-0.4, -0.2) is 20.0 Å². The van der Waals surface area contributed by atoms with Gasteiger partial charge in [0.15, 0.2) is 5.78 Å². The zero-order valence-corrected chi connectivity index (χ0v) is 13.4. The maximum absolute atomic E-state index is 12.4. The molecule has 3 nitrogen and oxygen atoms in total. The van der Waals surface area contributed by atoms with Crippen LogP contribution in [-0.2, 0) is 0 Å². The zero-order chi connectivity index (χ0) is 15.4. The highest BCUT2D eigenvalue weighted by molar-refractivity contribution is 7.12. The first-order valence-corrected chi connectivity index (χ1v) is 7.38. The number of rotatable bonds is 5. The highest BCUT2D eigenvalue weighted by atomic mass is 32.1. The van der Waals surface area contributed by atoms with Crippen molar-refractivity contribution < 1.29 is 14.3 Å². The Morgan fingerprint density at radius 3 is 2.48 bits per heavy atom. The van der Waals surface area contributed by atoms with E-state index in [-0.39, 0.29) is 5.78 Å². The lowest BCUT2D eigenvalue weighted by molar-refractivity contribution is 0.104. The second kappa shape index (κ2) is 6.59. The van der Waals surface area contributed by atoms with Gasteiger partial charge in [0.2, 0.25) is 0 Å². The Balaban J connectivity index is 2.29. The van der Waals surface area contributed by atoms with Crippen molar-refractivity contribution in [2.75, 3.05) is 14.2 Å². The summed E-state index contributed by atoms with van der Waals surface area (Å²) >= 11 is 1.72. The topological polar surface area (TPSA) is 35.5 Å². The normalized spacial score (nSPS) is 10.9. The summed E-state index contributed by atoms with van der Waals surface area (Å²) in [5.74, 6) is 1.08. The van der Waals surface area contributed by atoms with Crippen molar-refractivity contribution in [3.8, 4) is 11.5 Å². The van der Waals surface area contributed by atoms with Crippen molar-refractivity contribution in [1.29, 1.82) is 0 Å². The van der Waals surface area contributed by atoms with Crippen LogP contribution >= 0.6 is 11.3 Å². The fourth-order valence-corrected chi connectivity index (χ4v) is 2.99. The number of ketones is 1. The van der Waals surface area contributed by atoms with Crippen molar-refractivity contribution in [1.82, 2.24) is 0 Å². The lowest BCUT2D eigenvalue weighted by Gasteiger charge is -2.07. The van der Waals surface area contributed by atoms with Crippen LogP contribution in [0.4, 0.5) is 0 Å². The summed E-state index contributed by atoms with van der Waals surface area (Å²) in [5, 5.41) is 0. The van der Waals surface area contributed by atoms with E-state index in [0.29, 0.717) is 17.1 Å². The molecule has 1 heterocycles. The standard InChI is InChI=1S/C17H18O3S/c1-11-9-13(12(2)21-11)5-7-16(18)15-10-14(19-3)6-8-17(15)20-4/h5-10H,1-4H3/b7-5+. The molecule has 0 unspecified atom stereocenters. The smallest absolute Gasteiger partial charge is 0.189 e. The van der Waals surface area contributed by atoms with Gasteiger partial charge in [0.25, 0.3) is 0 Å². The van der Waals surface area contributed by atoms with Gasteiger partial charge in [-0.1, -0.05) is 0 Å². The number of thiophene rings is 1. The molecule has 0 N–H and O–H groups in total. The molecular formula is C17H18O3S. The highest BCUT2D eigenvalue weighted by Crippen LogP contribution is 2.26. The molecule has 0 saturated heterocycles. The summed E-state index contributed by atoms with van der Waals surface area (Å²) in [6, 6.07) is 7.27. The summed E-state index contributed by atoms with van der Waals surface area (Å²) in [7, 11) is 3.12.